The Hall–Kier alpha value is -2.64. The number of nitrogens with zero attached hydrogens (tertiary/aromatic N) is 1. The molecule has 1 fully saturated rings. The molecule has 1 atom stereocenters. The van der Waals surface area contributed by atoms with E-state index in [1.165, 1.54) is 11.6 Å². The fourth-order valence-corrected chi connectivity index (χ4v) is 5.52. The number of likely N-dealkylation sites (tertiary alicyclic amines) is 1. The maximum Gasteiger partial charge on any atom is 0.241 e. The average Bonchev–Trinajstić information content (AvgIpc) is 2.91. The van der Waals surface area contributed by atoms with Crippen LogP contribution in [0.15, 0.2) is 48.5 Å². The van der Waals surface area contributed by atoms with Crippen LogP contribution in [0.1, 0.15) is 71.9 Å². The zero-order valence-electron chi connectivity index (χ0n) is 25.1. The topological polar surface area (TPSA) is 73.8 Å². The lowest BCUT2D eigenvalue weighted by atomic mass is 9.80. The number of hydrogen-bond acceptors (Lipinski definition) is 5. The number of halogens is 3. The highest BCUT2D eigenvalue weighted by molar-refractivity contribution is 6.42. The molecule has 0 spiro atoms. The number of hydrogen-bond donors (Lipinski definition) is 3. The predicted octanol–water partition coefficient (Wildman–Crippen LogP) is 9.52. The van der Waals surface area contributed by atoms with Gasteiger partial charge in [0.15, 0.2) is 0 Å². The van der Waals surface area contributed by atoms with Gasteiger partial charge in [0, 0.05) is 18.3 Å². The van der Waals surface area contributed by atoms with Crippen LogP contribution in [0.2, 0.25) is 15.1 Å². The molecule has 1 aliphatic heterocycles. The second kappa shape index (κ2) is 12.9. The Kier molecular flexibility index (Phi) is 9.93. The number of phenols is 1. The zero-order chi connectivity index (χ0) is 30.8. The molecule has 1 heterocycles. The van der Waals surface area contributed by atoms with Crippen molar-refractivity contribution in [2.75, 3.05) is 23.9 Å². The molecule has 6 nitrogen and oxygen atoms in total. The Morgan fingerprint density at radius 2 is 1.64 bits per heavy atom. The van der Waals surface area contributed by atoms with Gasteiger partial charge in [-0.25, -0.2) is 0 Å². The number of ether oxygens (including phenoxy) is 1. The number of nitrogens with one attached hydrogen (secondary N) is 2. The lowest BCUT2D eigenvalue weighted by molar-refractivity contribution is -0.124. The molecule has 0 bridgehead atoms. The molecular formula is C33H40Cl3N3O3. The third kappa shape index (κ3) is 7.84. The first-order valence-corrected chi connectivity index (χ1v) is 15.3. The van der Waals surface area contributed by atoms with Crippen molar-refractivity contribution in [3.8, 4) is 11.5 Å². The SMILES string of the molecule is CC(C)(C)c1ccc(OCN2CCCCC2C(=O)Nc2cc(O)c(Nc3ccc(Cl)c(Cl)c3)cc2Cl)c(C(C)(C)C)c1. The molecule has 1 saturated heterocycles. The second-order valence-electron chi connectivity index (χ2n) is 12.9. The van der Waals surface area contributed by atoms with Crippen molar-refractivity contribution >= 4 is 57.8 Å². The van der Waals surface area contributed by atoms with Gasteiger partial charge in [-0.1, -0.05) is 94.9 Å². The fourth-order valence-electron chi connectivity index (χ4n) is 5.01. The number of rotatable bonds is 7. The molecule has 1 aliphatic rings. The quantitative estimate of drug-likeness (QED) is 0.226. The number of benzene rings is 3. The van der Waals surface area contributed by atoms with Crippen molar-refractivity contribution in [2.45, 2.75) is 77.7 Å². The van der Waals surface area contributed by atoms with Crippen molar-refractivity contribution in [3.63, 3.8) is 0 Å². The van der Waals surface area contributed by atoms with Crippen molar-refractivity contribution in [1.29, 1.82) is 0 Å². The summed E-state index contributed by atoms with van der Waals surface area (Å²) in [5.74, 6) is 0.570. The van der Waals surface area contributed by atoms with Gasteiger partial charge < -0.3 is 20.5 Å². The summed E-state index contributed by atoms with van der Waals surface area (Å²) in [4.78, 5) is 15.6. The summed E-state index contributed by atoms with van der Waals surface area (Å²) >= 11 is 18.6. The van der Waals surface area contributed by atoms with E-state index in [0.717, 1.165) is 30.7 Å². The summed E-state index contributed by atoms with van der Waals surface area (Å²) in [6, 6.07) is 14.1. The average molecular weight is 633 g/mol. The van der Waals surface area contributed by atoms with Gasteiger partial charge >= 0.3 is 0 Å². The molecule has 3 aromatic carbocycles. The maximum atomic E-state index is 13.5. The van der Waals surface area contributed by atoms with Crippen LogP contribution in [0.3, 0.4) is 0 Å². The highest BCUT2D eigenvalue weighted by Crippen LogP contribution is 2.38. The lowest BCUT2D eigenvalue weighted by Crippen LogP contribution is -2.48. The van der Waals surface area contributed by atoms with Crippen molar-refractivity contribution in [1.82, 2.24) is 4.90 Å². The van der Waals surface area contributed by atoms with Gasteiger partial charge in [0.1, 0.15) is 18.2 Å². The van der Waals surface area contributed by atoms with Crippen LogP contribution in [-0.2, 0) is 15.6 Å². The third-order valence-electron chi connectivity index (χ3n) is 7.50. The number of anilines is 3. The van der Waals surface area contributed by atoms with Gasteiger partial charge in [0.05, 0.1) is 32.5 Å². The lowest BCUT2D eigenvalue weighted by Gasteiger charge is -2.35. The van der Waals surface area contributed by atoms with Crippen molar-refractivity contribution in [2.24, 2.45) is 0 Å². The molecule has 1 unspecified atom stereocenters. The highest BCUT2D eigenvalue weighted by atomic mass is 35.5. The molecular weight excluding hydrogens is 593 g/mol. The number of carbonyl (C=O) groups excluding carboxylic acids is 1. The van der Waals surface area contributed by atoms with Gasteiger partial charge in [-0.2, -0.15) is 0 Å². The molecule has 1 amide bonds. The van der Waals surface area contributed by atoms with E-state index in [4.69, 9.17) is 39.5 Å². The Morgan fingerprint density at radius 1 is 0.905 bits per heavy atom. The predicted molar refractivity (Wildman–Crippen MR) is 175 cm³/mol. The van der Waals surface area contributed by atoms with Crippen LogP contribution in [0.5, 0.6) is 11.5 Å². The van der Waals surface area contributed by atoms with Gasteiger partial charge in [-0.15, -0.1) is 0 Å². The molecule has 4 rings (SSSR count). The Labute approximate surface area is 264 Å². The number of amides is 1. The monoisotopic (exact) mass is 631 g/mol. The van der Waals surface area contributed by atoms with E-state index >= 15 is 0 Å². The molecule has 0 aliphatic carbocycles. The van der Waals surface area contributed by atoms with Crippen LogP contribution >= 0.6 is 34.8 Å². The normalized spacial score (nSPS) is 16.3. The molecule has 3 N–H and O–H groups in total. The molecule has 9 heteroatoms. The van der Waals surface area contributed by atoms with Gasteiger partial charge in [0.25, 0.3) is 0 Å². The summed E-state index contributed by atoms with van der Waals surface area (Å²) in [5.41, 5.74) is 3.66. The minimum absolute atomic E-state index is 0.0299. The molecule has 0 radical (unpaired) electrons. The van der Waals surface area contributed by atoms with E-state index in [9.17, 15) is 9.90 Å². The maximum absolute atomic E-state index is 13.5. The summed E-state index contributed by atoms with van der Waals surface area (Å²) < 4.78 is 6.39. The molecule has 226 valence electrons. The van der Waals surface area contributed by atoms with Gasteiger partial charge in [-0.05, 0) is 65.1 Å². The van der Waals surface area contributed by atoms with E-state index < -0.39 is 6.04 Å². The minimum Gasteiger partial charge on any atom is -0.506 e. The van der Waals surface area contributed by atoms with E-state index in [0.29, 0.717) is 40.3 Å². The Bertz CT molecular complexity index is 1450. The first kappa shape index (κ1) is 32.3. The third-order valence-corrected chi connectivity index (χ3v) is 8.55. The Balaban J connectivity index is 1.47. The number of carbonyl (C=O) groups is 1. The highest BCUT2D eigenvalue weighted by Gasteiger charge is 2.31. The number of phenolic OH excluding ortho intramolecular Hbond substituents is 1. The Morgan fingerprint density at radius 3 is 2.31 bits per heavy atom. The fraction of sp³-hybridized carbons (Fsp3) is 0.424. The van der Waals surface area contributed by atoms with Crippen molar-refractivity contribution < 1.29 is 14.6 Å². The van der Waals surface area contributed by atoms with Crippen LogP contribution < -0.4 is 15.4 Å². The second-order valence-corrected chi connectivity index (χ2v) is 14.1. The molecule has 42 heavy (non-hydrogen) atoms. The summed E-state index contributed by atoms with van der Waals surface area (Å²) in [6.07, 6.45) is 2.62. The van der Waals surface area contributed by atoms with E-state index in [2.05, 4.69) is 75.3 Å². The largest absolute Gasteiger partial charge is 0.506 e. The van der Waals surface area contributed by atoms with Gasteiger partial charge in [0.2, 0.25) is 5.91 Å². The van der Waals surface area contributed by atoms with Crippen molar-refractivity contribution in [3.05, 3.63) is 74.7 Å². The van der Waals surface area contributed by atoms with Gasteiger partial charge in [-0.3, -0.25) is 9.69 Å². The molecule has 0 saturated carbocycles. The molecule has 0 aromatic heterocycles. The summed E-state index contributed by atoms with van der Waals surface area (Å²) in [6.45, 7) is 14.2. The van der Waals surface area contributed by atoms with Crippen LogP contribution in [0, 0.1) is 0 Å². The van der Waals surface area contributed by atoms with E-state index in [1.807, 2.05) is 0 Å². The number of aromatic hydroxyl groups is 1. The number of piperidine rings is 1. The smallest absolute Gasteiger partial charge is 0.241 e. The first-order valence-electron chi connectivity index (χ1n) is 14.2. The summed E-state index contributed by atoms with van der Waals surface area (Å²) in [7, 11) is 0. The standard InChI is InChI=1S/C33H40Cl3N3O3/c1-32(2,3)20-10-13-30(22(15-20)33(4,5)6)42-19-39-14-8-7-9-28(39)31(41)38-26-18-29(40)27(17-25(26)36)37-21-11-12-23(34)24(35)16-21/h10-13,15-18,28,37,40H,7-9,14,19H2,1-6H3,(H,38,41). The van der Waals surface area contributed by atoms with Crippen LogP contribution in [0.25, 0.3) is 0 Å². The summed E-state index contributed by atoms with van der Waals surface area (Å²) in [5, 5.41) is 17.8. The first-order chi connectivity index (χ1) is 19.6. The zero-order valence-corrected chi connectivity index (χ0v) is 27.3. The van der Waals surface area contributed by atoms with Crippen LogP contribution in [0.4, 0.5) is 17.1 Å². The van der Waals surface area contributed by atoms with E-state index in [-0.39, 0.29) is 27.5 Å². The minimum atomic E-state index is -0.391. The van der Waals surface area contributed by atoms with Crippen LogP contribution in [-0.4, -0.2) is 35.2 Å². The van der Waals surface area contributed by atoms with E-state index in [1.54, 1.807) is 24.3 Å². The molecule has 3 aromatic rings.